The summed E-state index contributed by atoms with van der Waals surface area (Å²) in [4.78, 5) is 14.8. The zero-order valence-corrected chi connectivity index (χ0v) is 17.5. The van der Waals surface area contributed by atoms with Crippen molar-refractivity contribution < 1.29 is 9.53 Å². The van der Waals surface area contributed by atoms with Gasteiger partial charge in [-0.15, -0.1) is 0 Å². The number of hydrogen-bond donors (Lipinski definition) is 1. The Labute approximate surface area is 172 Å². The van der Waals surface area contributed by atoms with Crippen molar-refractivity contribution >= 4 is 17.5 Å². The highest BCUT2D eigenvalue weighted by atomic mass is 35.5. The molecular formula is C23H29ClN2O2. The van der Waals surface area contributed by atoms with Crippen LogP contribution in [-0.2, 0) is 6.54 Å². The molecule has 1 N–H and O–H groups in total. The predicted molar refractivity (Wildman–Crippen MR) is 114 cm³/mol. The second kappa shape index (κ2) is 9.94. The van der Waals surface area contributed by atoms with Gasteiger partial charge in [0.2, 0.25) is 0 Å². The molecule has 1 aliphatic rings. The maximum absolute atomic E-state index is 12.3. The van der Waals surface area contributed by atoms with E-state index in [1.807, 2.05) is 31.2 Å². The van der Waals surface area contributed by atoms with Crippen LogP contribution in [0.1, 0.15) is 41.3 Å². The lowest BCUT2D eigenvalue weighted by Crippen LogP contribution is -2.33. The maximum atomic E-state index is 12.3. The monoisotopic (exact) mass is 400 g/mol. The first-order valence-electron chi connectivity index (χ1n) is 9.99. The van der Waals surface area contributed by atoms with Crippen LogP contribution in [0.2, 0.25) is 5.02 Å². The molecule has 0 saturated carbocycles. The van der Waals surface area contributed by atoms with Crippen molar-refractivity contribution in [3.8, 4) is 5.75 Å². The summed E-state index contributed by atoms with van der Waals surface area (Å²) in [6, 6.07) is 13.5. The first-order chi connectivity index (χ1) is 13.5. The van der Waals surface area contributed by atoms with Crippen molar-refractivity contribution in [2.75, 3.05) is 26.2 Å². The lowest BCUT2D eigenvalue weighted by molar-refractivity contribution is 0.0947. The standard InChI is InChI=1S/C23H29ClN2O2/c1-17-4-3-12-26(15-17)16-19-6-8-20(9-7-19)23(27)25-11-13-28-21-10-5-18(2)22(24)14-21/h5-10,14,17H,3-4,11-13,15-16H2,1-2H3,(H,25,27). The van der Waals surface area contributed by atoms with Crippen molar-refractivity contribution in [2.45, 2.75) is 33.2 Å². The van der Waals surface area contributed by atoms with E-state index in [4.69, 9.17) is 16.3 Å². The number of likely N-dealkylation sites (tertiary alicyclic amines) is 1. The number of nitrogens with one attached hydrogen (secondary N) is 1. The largest absolute Gasteiger partial charge is 0.492 e. The Balaban J connectivity index is 1.42. The molecule has 1 atom stereocenters. The number of hydrogen-bond acceptors (Lipinski definition) is 3. The molecule has 5 heteroatoms. The molecule has 1 aliphatic heterocycles. The second-order valence-corrected chi connectivity index (χ2v) is 8.10. The summed E-state index contributed by atoms with van der Waals surface area (Å²) >= 11 is 6.09. The van der Waals surface area contributed by atoms with Gasteiger partial charge in [-0.1, -0.05) is 36.7 Å². The number of piperidine rings is 1. The Kier molecular flexibility index (Phi) is 7.35. The highest BCUT2D eigenvalue weighted by molar-refractivity contribution is 6.31. The summed E-state index contributed by atoms with van der Waals surface area (Å²) in [5, 5.41) is 3.58. The topological polar surface area (TPSA) is 41.6 Å². The molecule has 0 spiro atoms. The van der Waals surface area contributed by atoms with Gasteiger partial charge in [0, 0.05) is 23.7 Å². The third-order valence-corrected chi connectivity index (χ3v) is 5.57. The highest BCUT2D eigenvalue weighted by Crippen LogP contribution is 2.21. The molecule has 28 heavy (non-hydrogen) atoms. The number of carbonyl (C=O) groups excluding carboxylic acids is 1. The average Bonchev–Trinajstić information content (AvgIpc) is 2.68. The van der Waals surface area contributed by atoms with Gasteiger partial charge in [-0.25, -0.2) is 0 Å². The van der Waals surface area contributed by atoms with Gasteiger partial charge in [-0.3, -0.25) is 9.69 Å². The summed E-state index contributed by atoms with van der Waals surface area (Å²) in [7, 11) is 0. The fourth-order valence-corrected chi connectivity index (χ4v) is 3.72. The van der Waals surface area contributed by atoms with E-state index in [-0.39, 0.29) is 5.91 Å². The smallest absolute Gasteiger partial charge is 0.251 e. The van der Waals surface area contributed by atoms with Gasteiger partial charge in [0.1, 0.15) is 12.4 Å². The molecule has 1 heterocycles. The van der Waals surface area contributed by atoms with E-state index < -0.39 is 0 Å². The van der Waals surface area contributed by atoms with Crippen LogP contribution >= 0.6 is 11.6 Å². The lowest BCUT2D eigenvalue weighted by Gasteiger charge is -2.30. The van der Waals surface area contributed by atoms with Crippen molar-refractivity contribution in [1.82, 2.24) is 10.2 Å². The number of benzene rings is 2. The zero-order chi connectivity index (χ0) is 19.9. The molecule has 0 aromatic heterocycles. The Bertz CT molecular complexity index is 792. The van der Waals surface area contributed by atoms with Crippen molar-refractivity contribution in [3.63, 3.8) is 0 Å². The van der Waals surface area contributed by atoms with Crippen molar-refractivity contribution in [3.05, 3.63) is 64.2 Å². The molecule has 0 aliphatic carbocycles. The number of nitrogens with zero attached hydrogens (tertiary/aromatic N) is 1. The number of carbonyl (C=O) groups is 1. The van der Waals surface area contributed by atoms with E-state index >= 15 is 0 Å². The minimum atomic E-state index is -0.0799. The van der Waals surface area contributed by atoms with Crippen LogP contribution in [0.3, 0.4) is 0 Å². The number of halogens is 1. The van der Waals surface area contributed by atoms with Crippen LogP contribution in [0.25, 0.3) is 0 Å². The number of rotatable bonds is 7. The van der Waals surface area contributed by atoms with Crippen LogP contribution < -0.4 is 10.1 Å². The Morgan fingerprint density at radius 2 is 2.04 bits per heavy atom. The number of ether oxygens (including phenoxy) is 1. The van der Waals surface area contributed by atoms with Gasteiger partial charge in [0.05, 0.1) is 6.54 Å². The molecule has 2 aromatic rings. The van der Waals surface area contributed by atoms with Gasteiger partial charge in [-0.2, -0.15) is 0 Å². The molecule has 1 saturated heterocycles. The highest BCUT2D eigenvalue weighted by Gasteiger charge is 2.16. The Morgan fingerprint density at radius 3 is 2.75 bits per heavy atom. The quantitative estimate of drug-likeness (QED) is 0.685. The fraction of sp³-hybridized carbons (Fsp3) is 0.435. The van der Waals surface area contributed by atoms with Crippen LogP contribution in [0.5, 0.6) is 5.75 Å². The van der Waals surface area contributed by atoms with Crippen molar-refractivity contribution in [1.29, 1.82) is 0 Å². The number of aryl methyl sites for hydroxylation is 1. The van der Waals surface area contributed by atoms with E-state index in [1.165, 1.54) is 24.9 Å². The fourth-order valence-electron chi connectivity index (χ4n) is 3.55. The average molecular weight is 401 g/mol. The molecular weight excluding hydrogens is 372 g/mol. The van der Waals surface area contributed by atoms with E-state index in [0.29, 0.717) is 29.5 Å². The third-order valence-electron chi connectivity index (χ3n) is 5.16. The predicted octanol–water partition coefficient (Wildman–Crippen LogP) is 4.69. The minimum absolute atomic E-state index is 0.0799. The molecule has 1 fully saturated rings. The maximum Gasteiger partial charge on any atom is 0.251 e. The molecule has 3 rings (SSSR count). The summed E-state index contributed by atoms with van der Waals surface area (Å²) < 4.78 is 5.64. The molecule has 4 nitrogen and oxygen atoms in total. The zero-order valence-electron chi connectivity index (χ0n) is 16.7. The summed E-state index contributed by atoms with van der Waals surface area (Å²) in [5.41, 5.74) is 2.94. The van der Waals surface area contributed by atoms with Gasteiger partial charge in [-0.05, 0) is 67.6 Å². The van der Waals surface area contributed by atoms with Gasteiger partial charge < -0.3 is 10.1 Å². The van der Waals surface area contributed by atoms with Gasteiger partial charge in [0.15, 0.2) is 0 Å². The van der Waals surface area contributed by atoms with Gasteiger partial charge in [0.25, 0.3) is 5.91 Å². The molecule has 150 valence electrons. The first kappa shape index (κ1) is 20.7. The van der Waals surface area contributed by atoms with E-state index in [2.05, 4.69) is 29.3 Å². The lowest BCUT2D eigenvalue weighted by atomic mass is 9.99. The molecule has 2 aromatic carbocycles. The normalized spacial score (nSPS) is 17.3. The second-order valence-electron chi connectivity index (χ2n) is 7.69. The molecule has 1 amide bonds. The first-order valence-corrected chi connectivity index (χ1v) is 10.4. The van der Waals surface area contributed by atoms with E-state index in [9.17, 15) is 4.79 Å². The molecule has 1 unspecified atom stereocenters. The van der Waals surface area contributed by atoms with Crippen LogP contribution in [0.4, 0.5) is 0 Å². The minimum Gasteiger partial charge on any atom is -0.492 e. The SMILES string of the molecule is Cc1ccc(OCCNC(=O)c2ccc(CN3CCCC(C)C3)cc2)cc1Cl. The third kappa shape index (κ3) is 5.98. The van der Waals surface area contributed by atoms with Crippen molar-refractivity contribution in [2.24, 2.45) is 5.92 Å². The molecule has 0 radical (unpaired) electrons. The Hall–Kier alpha value is -2.04. The van der Waals surface area contributed by atoms with Gasteiger partial charge >= 0.3 is 0 Å². The summed E-state index contributed by atoms with van der Waals surface area (Å²) in [5.74, 6) is 1.40. The van der Waals surface area contributed by atoms with Crippen LogP contribution in [0.15, 0.2) is 42.5 Å². The summed E-state index contributed by atoms with van der Waals surface area (Å²) in [6.07, 6.45) is 2.61. The molecule has 0 bridgehead atoms. The van der Waals surface area contributed by atoms with E-state index in [0.717, 1.165) is 24.6 Å². The Morgan fingerprint density at radius 1 is 1.25 bits per heavy atom. The van der Waals surface area contributed by atoms with E-state index in [1.54, 1.807) is 6.07 Å². The number of amides is 1. The van der Waals surface area contributed by atoms with Crippen LogP contribution in [-0.4, -0.2) is 37.0 Å². The summed E-state index contributed by atoms with van der Waals surface area (Å²) in [6.45, 7) is 8.39. The van der Waals surface area contributed by atoms with Crippen LogP contribution in [0, 0.1) is 12.8 Å².